The minimum atomic E-state index is -0.0313. The van der Waals surface area contributed by atoms with Gasteiger partial charge in [0.05, 0.1) is 5.25 Å². The van der Waals surface area contributed by atoms with Gasteiger partial charge in [-0.3, -0.25) is 15.9 Å². The number of ketones is 1. The lowest BCUT2D eigenvalue weighted by Gasteiger charge is -2.36. The molecule has 0 heterocycles. The number of nitrogens with two attached hydrogens (primary N) is 2. The van der Waals surface area contributed by atoms with Gasteiger partial charge in [-0.15, -0.1) is 0 Å². The number of thioether (sulfide) groups is 1. The first kappa shape index (κ1) is 14.0. The van der Waals surface area contributed by atoms with Crippen LogP contribution < -0.4 is 28.1 Å². The second kappa shape index (κ2) is 4.02. The molecule has 92 valence electrons. The minimum Gasteiger partial charge on any atom is -1.00 e. The van der Waals surface area contributed by atoms with Crippen LogP contribution in [0, 0.1) is 16.7 Å². The van der Waals surface area contributed by atoms with Crippen LogP contribution in [0.3, 0.4) is 0 Å². The molecular weight excluding hydrogens is 288 g/mol. The van der Waals surface area contributed by atoms with Gasteiger partial charge in [-0.05, 0) is 35.4 Å². The molecule has 0 aromatic heterocycles. The van der Waals surface area contributed by atoms with Crippen LogP contribution in [0.15, 0.2) is 0 Å². The van der Waals surface area contributed by atoms with Crippen molar-refractivity contribution in [3.05, 3.63) is 0 Å². The molecule has 0 amide bonds. The number of carbonyl (C=O) groups is 1. The van der Waals surface area contributed by atoms with Crippen LogP contribution in [0.1, 0.15) is 33.6 Å². The number of amidine groups is 1. The Morgan fingerprint density at radius 3 is 2.44 bits per heavy atom. The van der Waals surface area contributed by atoms with Crippen molar-refractivity contribution in [3.63, 3.8) is 0 Å². The van der Waals surface area contributed by atoms with Crippen LogP contribution in [0.4, 0.5) is 0 Å². The molecule has 0 aliphatic heterocycles. The monoisotopic (exact) mass is 306 g/mol. The predicted octanol–water partition coefficient (Wildman–Crippen LogP) is -2.81. The van der Waals surface area contributed by atoms with E-state index in [0.29, 0.717) is 11.0 Å². The van der Waals surface area contributed by atoms with Gasteiger partial charge in [-0.1, -0.05) is 20.8 Å². The Labute approximate surface area is 111 Å². The fourth-order valence-corrected chi connectivity index (χ4v) is 4.55. The summed E-state index contributed by atoms with van der Waals surface area (Å²) >= 11 is 1.36. The molecule has 16 heavy (non-hydrogen) atoms. The molecule has 2 bridgehead atoms. The Morgan fingerprint density at radius 1 is 1.50 bits per heavy atom. The fourth-order valence-electron chi connectivity index (χ4n) is 3.31. The lowest BCUT2D eigenvalue weighted by Crippen LogP contribution is -3.00. The van der Waals surface area contributed by atoms with E-state index in [0.717, 1.165) is 12.8 Å². The average molecular weight is 307 g/mol. The Morgan fingerprint density at radius 2 is 2.06 bits per heavy atom. The van der Waals surface area contributed by atoms with Crippen LogP contribution in [0.25, 0.3) is 0 Å². The SMILES string of the molecule is CC1(C)C2CCC1(C)C(SC(N)=[NH2+])C2=O.[Br-]. The predicted molar refractivity (Wildman–Crippen MR) is 62.1 cm³/mol. The van der Waals surface area contributed by atoms with Crippen LogP contribution in [0.5, 0.6) is 0 Å². The lowest BCUT2D eigenvalue weighted by molar-refractivity contribution is -0.122. The quantitative estimate of drug-likeness (QED) is 0.406. The highest BCUT2D eigenvalue weighted by Gasteiger charge is 2.66. The zero-order valence-electron chi connectivity index (χ0n) is 9.92. The van der Waals surface area contributed by atoms with Crippen molar-refractivity contribution >= 4 is 22.7 Å². The fraction of sp³-hybridized carbons (Fsp3) is 0.818. The van der Waals surface area contributed by atoms with Gasteiger partial charge in [0.1, 0.15) is 0 Å². The van der Waals surface area contributed by atoms with E-state index in [-0.39, 0.29) is 39.0 Å². The highest BCUT2D eigenvalue weighted by Crippen LogP contribution is 2.66. The third kappa shape index (κ3) is 1.55. The van der Waals surface area contributed by atoms with Crippen molar-refractivity contribution < 1.29 is 27.2 Å². The molecule has 3 unspecified atom stereocenters. The van der Waals surface area contributed by atoms with Crippen LogP contribution >= 0.6 is 11.8 Å². The van der Waals surface area contributed by atoms with E-state index >= 15 is 0 Å². The van der Waals surface area contributed by atoms with Crippen LogP contribution in [-0.4, -0.2) is 16.2 Å². The molecule has 0 saturated heterocycles. The van der Waals surface area contributed by atoms with Gasteiger partial charge in [0.25, 0.3) is 0 Å². The van der Waals surface area contributed by atoms with Gasteiger partial charge < -0.3 is 17.0 Å². The first-order valence-electron chi connectivity index (χ1n) is 5.39. The minimum absolute atomic E-state index is 0. The highest BCUT2D eigenvalue weighted by molar-refractivity contribution is 8.14. The van der Waals surface area contributed by atoms with Crippen molar-refractivity contribution in [2.45, 2.75) is 38.9 Å². The number of Topliss-reactive ketones (excluding diaryl/α,β-unsaturated/α-hetero) is 1. The van der Waals surface area contributed by atoms with Gasteiger partial charge in [0.15, 0.2) is 5.78 Å². The molecule has 3 atom stereocenters. The number of hydrogen-bond donors (Lipinski definition) is 2. The molecule has 0 radical (unpaired) electrons. The molecule has 4 N–H and O–H groups in total. The second-order valence-corrected chi connectivity index (χ2v) is 6.71. The summed E-state index contributed by atoms with van der Waals surface area (Å²) in [7, 11) is 0. The molecule has 3 nitrogen and oxygen atoms in total. The molecule has 0 aromatic rings. The second-order valence-electron chi connectivity index (χ2n) is 5.53. The first-order chi connectivity index (χ1) is 6.80. The maximum atomic E-state index is 12.2. The summed E-state index contributed by atoms with van der Waals surface area (Å²) in [5, 5.41) is 5.81. The van der Waals surface area contributed by atoms with E-state index in [4.69, 9.17) is 11.1 Å². The van der Waals surface area contributed by atoms with Gasteiger partial charge >= 0.3 is 5.17 Å². The van der Waals surface area contributed by atoms with E-state index < -0.39 is 0 Å². The summed E-state index contributed by atoms with van der Waals surface area (Å²) in [6.45, 7) is 6.62. The molecule has 0 aromatic carbocycles. The standard InChI is InChI=1S/C11H18N2OS.BrH/c1-10(2)6-4-5-11(10,3)8(7(6)14)15-9(12)13;/h6,8H,4-5H2,1-3H3,(H3,12,13);1H. The Hall–Kier alpha value is -0.0300. The number of rotatable bonds is 1. The topological polar surface area (TPSA) is 68.7 Å². The molecule has 2 saturated carbocycles. The maximum absolute atomic E-state index is 12.2. The highest BCUT2D eigenvalue weighted by atomic mass is 79.9. The molecular formula is C11H19BrN2OS. The van der Waals surface area contributed by atoms with Crippen molar-refractivity contribution in [1.82, 2.24) is 0 Å². The Kier molecular flexibility index (Phi) is 3.52. The Balaban J connectivity index is 0.00000128. The normalized spacial score (nSPS) is 39.6. The van der Waals surface area contributed by atoms with E-state index in [1.165, 1.54) is 11.8 Å². The summed E-state index contributed by atoms with van der Waals surface area (Å²) in [5.74, 6) is 0.562. The van der Waals surface area contributed by atoms with Crippen LogP contribution in [-0.2, 0) is 4.79 Å². The van der Waals surface area contributed by atoms with E-state index in [2.05, 4.69) is 20.8 Å². The Bertz CT molecular complexity index is 345. The van der Waals surface area contributed by atoms with Crippen molar-refractivity contribution in [3.8, 4) is 0 Å². The summed E-state index contributed by atoms with van der Waals surface area (Å²) in [4.78, 5) is 12.2. The number of fused-ring (bicyclic) bond motifs is 2. The zero-order valence-corrected chi connectivity index (χ0v) is 12.3. The van der Waals surface area contributed by atoms with E-state index in [1.54, 1.807) is 0 Å². The summed E-state index contributed by atoms with van der Waals surface area (Å²) in [5.41, 5.74) is 5.67. The summed E-state index contributed by atoms with van der Waals surface area (Å²) in [6, 6.07) is 0. The molecule has 0 spiro atoms. The van der Waals surface area contributed by atoms with Gasteiger partial charge in [-0.25, -0.2) is 0 Å². The third-order valence-corrected chi connectivity index (χ3v) is 5.99. The maximum Gasteiger partial charge on any atom is 0.300 e. The molecule has 2 fully saturated rings. The van der Waals surface area contributed by atoms with E-state index in [9.17, 15) is 4.79 Å². The van der Waals surface area contributed by atoms with E-state index in [1.807, 2.05) is 0 Å². The van der Waals surface area contributed by atoms with Crippen molar-refractivity contribution in [2.24, 2.45) is 22.5 Å². The molecule has 2 aliphatic carbocycles. The average Bonchev–Trinajstić information content (AvgIpc) is 2.39. The van der Waals surface area contributed by atoms with Gasteiger partial charge in [0.2, 0.25) is 0 Å². The lowest BCUT2D eigenvalue weighted by atomic mass is 9.71. The van der Waals surface area contributed by atoms with Gasteiger partial charge in [0, 0.05) is 5.92 Å². The third-order valence-electron chi connectivity index (χ3n) is 4.73. The molecule has 2 aliphatic rings. The number of hydrogen-bond acceptors (Lipinski definition) is 2. The largest absolute Gasteiger partial charge is 1.00 e. The molecule has 2 rings (SSSR count). The molecule has 5 heteroatoms. The number of halogens is 1. The summed E-state index contributed by atoms with van der Waals surface area (Å²) in [6.07, 6.45) is 2.14. The van der Waals surface area contributed by atoms with Crippen LogP contribution in [0.2, 0.25) is 0 Å². The zero-order chi connectivity index (χ0) is 11.4. The van der Waals surface area contributed by atoms with Crippen molar-refractivity contribution in [2.75, 3.05) is 0 Å². The first-order valence-corrected chi connectivity index (χ1v) is 6.27. The smallest absolute Gasteiger partial charge is 0.300 e. The summed E-state index contributed by atoms with van der Waals surface area (Å²) < 4.78 is 0. The van der Waals surface area contributed by atoms with Gasteiger partial charge in [-0.2, -0.15) is 0 Å². The number of carbonyl (C=O) groups excluding carboxylic acids is 1. The van der Waals surface area contributed by atoms with Crippen molar-refractivity contribution in [1.29, 1.82) is 0 Å².